The van der Waals surface area contributed by atoms with Crippen LogP contribution in [-0.4, -0.2) is 16.5 Å². The molecule has 0 radical (unpaired) electrons. The highest BCUT2D eigenvalue weighted by Crippen LogP contribution is 2.57. The smallest absolute Gasteiger partial charge is 0.142 e. The Kier molecular flexibility index (Phi) is 2.92. The number of carbonyl (C=O) groups is 1. The Bertz CT molecular complexity index is 466. The maximum absolute atomic E-state index is 12.8. The van der Waals surface area contributed by atoms with E-state index in [9.17, 15) is 9.90 Å². The summed E-state index contributed by atoms with van der Waals surface area (Å²) < 4.78 is 0. The van der Waals surface area contributed by atoms with Crippen molar-refractivity contribution in [2.45, 2.75) is 50.5 Å². The van der Waals surface area contributed by atoms with Gasteiger partial charge < -0.3 is 5.11 Å². The van der Waals surface area contributed by atoms with Gasteiger partial charge in [0.25, 0.3) is 0 Å². The fraction of sp³-hybridized carbons (Fsp3) is 0.722. The van der Waals surface area contributed by atoms with E-state index in [2.05, 4.69) is 24.3 Å². The molecule has 5 atom stereocenters. The van der Waals surface area contributed by atoms with Crippen LogP contribution in [0.1, 0.15) is 44.9 Å². The molecule has 4 rings (SSSR count). The third-order valence-electron chi connectivity index (χ3n) is 6.46. The Labute approximate surface area is 120 Å². The molecule has 2 nitrogen and oxygen atoms in total. The molecule has 0 aliphatic heterocycles. The van der Waals surface area contributed by atoms with Gasteiger partial charge in [-0.1, -0.05) is 43.6 Å². The first kappa shape index (κ1) is 12.8. The van der Waals surface area contributed by atoms with Crippen LogP contribution < -0.4 is 0 Å². The predicted octanol–water partition coefficient (Wildman–Crippen LogP) is 3.27. The van der Waals surface area contributed by atoms with E-state index in [0.29, 0.717) is 23.5 Å². The van der Waals surface area contributed by atoms with Crippen molar-refractivity contribution in [1.29, 1.82) is 0 Å². The molecule has 2 heteroatoms. The summed E-state index contributed by atoms with van der Waals surface area (Å²) in [6, 6.07) is 0. The Morgan fingerprint density at radius 3 is 2.65 bits per heavy atom. The third-order valence-corrected chi connectivity index (χ3v) is 6.46. The minimum absolute atomic E-state index is 0.0582. The van der Waals surface area contributed by atoms with Crippen LogP contribution in [0.2, 0.25) is 0 Å². The minimum atomic E-state index is -0.693. The van der Waals surface area contributed by atoms with Crippen LogP contribution in [0.25, 0.3) is 0 Å². The number of aliphatic hydroxyl groups is 1. The van der Waals surface area contributed by atoms with Crippen molar-refractivity contribution >= 4 is 5.78 Å². The average Bonchev–Trinajstić information content (AvgIpc) is 2.95. The number of hydrogen-bond donors (Lipinski definition) is 1. The maximum Gasteiger partial charge on any atom is 0.142 e. The van der Waals surface area contributed by atoms with Crippen molar-refractivity contribution in [3.8, 4) is 0 Å². The number of fused-ring (bicyclic) bond motifs is 4. The molecule has 0 heterocycles. The lowest BCUT2D eigenvalue weighted by atomic mass is 9.49. The Morgan fingerprint density at radius 1 is 1.05 bits per heavy atom. The van der Waals surface area contributed by atoms with E-state index >= 15 is 0 Å². The van der Waals surface area contributed by atoms with Gasteiger partial charge in [0.15, 0.2) is 0 Å². The van der Waals surface area contributed by atoms with E-state index in [-0.39, 0.29) is 11.8 Å². The van der Waals surface area contributed by atoms with E-state index in [0.717, 1.165) is 38.5 Å². The summed E-state index contributed by atoms with van der Waals surface area (Å²) in [5, 5.41) is 11.3. The average molecular weight is 272 g/mol. The normalized spacial score (nSPS) is 47.5. The van der Waals surface area contributed by atoms with Gasteiger partial charge in [-0.05, 0) is 43.4 Å². The molecule has 20 heavy (non-hydrogen) atoms. The van der Waals surface area contributed by atoms with Crippen LogP contribution in [0.4, 0.5) is 0 Å². The molecule has 108 valence electrons. The second kappa shape index (κ2) is 4.56. The van der Waals surface area contributed by atoms with Crippen molar-refractivity contribution in [1.82, 2.24) is 0 Å². The van der Waals surface area contributed by atoms with E-state index in [1.54, 1.807) is 0 Å². The van der Waals surface area contributed by atoms with Crippen LogP contribution in [-0.2, 0) is 4.79 Å². The highest BCUT2D eigenvalue weighted by atomic mass is 16.3. The molecule has 4 aliphatic rings. The molecule has 0 aromatic rings. The summed E-state index contributed by atoms with van der Waals surface area (Å²) in [5.74, 6) is 1.58. The molecular formula is C18H24O2. The Hall–Kier alpha value is -0.890. The summed E-state index contributed by atoms with van der Waals surface area (Å²) in [5.41, 5.74) is -0.693. The fourth-order valence-electron chi connectivity index (χ4n) is 5.65. The lowest BCUT2D eigenvalue weighted by molar-refractivity contribution is -0.183. The summed E-state index contributed by atoms with van der Waals surface area (Å²) in [7, 11) is 0. The van der Waals surface area contributed by atoms with Crippen LogP contribution in [0, 0.1) is 29.6 Å². The first-order valence-corrected chi connectivity index (χ1v) is 8.33. The molecule has 0 spiro atoms. The van der Waals surface area contributed by atoms with Gasteiger partial charge in [-0.3, -0.25) is 4.79 Å². The highest BCUT2D eigenvalue weighted by Gasteiger charge is 2.60. The minimum Gasteiger partial charge on any atom is -0.389 e. The van der Waals surface area contributed by atoms with Gasteiger partial charge in [-0.15, -0.1) is 0 Å². The van der Waals surface area contributed by atoms with Gasteiger partial charge in [0, 0.05) is 11.8 Å². The van der Waals surface area contributed by atoms with Gasteiger partial charge in [0.1, 0.15) is 5.78 Å². The van der Waals surface area contributed by atoms with Gasteiger partial charge in [-0.25, -0.2) is 0 Å². The summed E-state index contributed by atoms with van der Waals surface area (Å²) in [6.45, 7) is 0. The zero-order valence-electron chi connectivity index (χ0n) is 12.0. The molecule has 3 saturated carbocycles. The zero-order chi connectivity index (χ0) is 13.7. The number of hydrogen-bond acceptors (Lipinski definition) is 2. The number of ketones is 1. The predicted molar refractivity (Wildman–Crippen MR) is 78.0 cm³/mol. The molecule has 5 unspecified atom stereocenters. The highest BCUT2D eigenvalue weighted by molar-refractivity contribution is 5.87. The van der Waals surface area contributed by atoms with E-state index in [1.165, 1.54) is 6.42 Å². The quantitative estimate of drug-likeness (QED) is 0.795. The van der Waals surface area contributed by atoms with Crippen molar-refractivity contribution < 1.29 is 9.90 Å². The standard InChI is InChI=1S/C18H24O2/c19-17-13-8-5-10-15(17)18(20)11-4-3-9-14(18)16(13)12-6-1-2-7-12/h1-2,6-7,12-16,20H,3-5,8-11H2. The molecule has 1 N–H and O–H groups in total. The van der Waals surface area contributed by atoms with Crippen LogP contribution in [0.5, 0.6) is 0 Å². The largest absolute Gasteiger partial charge is 0.389 e. The van der Waals surface area contributed by atoms with Crippen molar-refractivity contribution in [2.24, 2.45) is 29.6 Å². The molecule has 0 saturated heterocycles. The second-order valence-corrected chi connectivity index (χ2v) is 7.26. The lowest BCUT2D eigenvalue weighted by Crippen LogP contribution is -2.62. The number of Topliss-reactive ketones (excluding diaryl/α,β-unsaturated/α-hetero) is 1. The monoisotopic (exact) mass is 272 g/mol. The molecule has 0 amide bonds. The number of rotatable bonds is 1. The summed E-state index contributed by atoms with van der Waals surface area (Å²) >= 11 is 0. The van der Waals surface area contributed by atoms with Gasteiger partial charge in [0.05, 0.1) is 5.60 Å². The van der Waals surface area contributed by atoms with E-state index in [1.807, 2.05) is 0 Å². The fourth-order valence-corrected chi connectivity index (χ4v) is 5.65. The third kappa shape index (κ3) is 1.64. The van der Waals surface area contributed by atoms with Crippen LogP contribution in [0.3, 0.4) is 0 Å². The SMILES string of the molecule is O=C1C2CCCC1C1(O)CCCCC1C2C1C=CC=C1. The van der Waals surface area contributed by atoms with Crippen LogP contribution in [0.15, 0.2) is 24.3 Å². The lowest BCUT2D eigenvalue weighted by Gasteiger charge is -2.57. The first-order chi connectivity index (χ1) is 9.72. The molecule has 2 bridgehead atoms. The second-order valence-electron chi connectivity index (χ2n) is 7.26. The summed E-state index contributed by atoms with van der Waals surface area (Å²) in [4.78, 5) is 12.8. The van der Waals surface area contributed by atoms with Crippen molar-refractivity contribution in [3.05, 3.63) is 24.3 Å². The Morgan fingerprint density at radius 2 is 1.85 bits per heavy atom. The maximum atomic E-state index is 12.8. The van der Waals surface area contributed by atoms with Crippen LogP contribution >= 0.6 is 0 Å². The number of allylic oxidation sites excluding steroid dienone is 4. The zero-order valence-corrected chi connectivity index (χ0v) is 12.0. The van der Waals surface area contributed by atoms with E-state index in [4.69, 9.17) is 0 Å². The molecular weight excluding hydrogens is 248 g/mol. The van der Waals surface area contributed by atoms with Gasteiger partial charge in [-0.2, -0.15) is 0 Å². The Balaban J connectivity index is 1.77. The van der Waals surface area contributed by atoms with Crippen molar-refractivity contribution in [3.63, 3.8) is 0 Å². The number of carbonyl (C=O) groups excluding carboxylic acids is 1. The topological polar surface area (TPSA) is 37.3 Å². The van der Waals surface area contributed by atoms with Gasteiger partial charge in [0.2, 0.25) is 0 Å². The first-order valence-electron chi connectivity index (χ1n) is 8.33. The summed E-state index contributed by atoms with van der Waals surface area (Å²) in [6.07, 6.45) is 16.0. The van der Waals surface area contributed by atoms with Crippen molar-refractivity contribution in [2.75, 3.05) is 0 Å². The molecule has 3 fully saturated rings. The molecule has 0 aromatic carbocycles. The van der Waals surface area contributed by atoms with Gasteiger partial charge >= 0.3 is 0 Å². The molecule has 0 aromatic heterocycles. The van der Waals surface area contributed by atoms with E-state index < -0.39 is 5.60 Å². The molecule has 4 aliphatic carbocycles.